The monoisotopic (exact) mass is 171 g/mol. The van der Waals surface area contributed by atoms with E-state index in [0.717, 1.165) is 25.7 Å². The molecule has 0 spiro atoms. The lowest BCUT2D eigenvalue weighted by Crippen LogP contribution is -2.31. The minimum absolute atomic E-state index is 0.0924. The topological polar surface area (TPSA) is 46.2 Å². The predicted octanol–water partition coefficient (Wildman–Crippen LogP) is 1.52. The summed E-state index contributed by atoms with van der Waals surface area (Å²) in [5, 5.41) is 9.86. The highest BCUT2D eigenvalue weighted by Gasteiger charge is 2.54. The summed E-state index contributed by atoms with van der Waals surface area (Å²) in [7, 11) is 0. The SMILES string of the molecule is CCCCC(O)C1(CN)CC1C. The van der Waals surface area contributed by atoms with Crippen LogP contribution in [0, 0.1) is 11.3 Å². The summed E-state index contributed by atoms with van der Waals surface area (Å²) in [6.45, 7) is 4.99. The molecule has 0 amide bonds. The lowest BCUT2D eigenvalue weighted by molar-refractivity contribution is 0.0784. The minimum Gasteiger partial charge on any atom is -0.392 e. The van der Waals surface area contributed by atoms with Crippen molar-refractivity contribution < 1.29 is 5.11 Å². The van der Waals surface area contributed by atoms with Gasteiger partial charge in [-0.05, 0) is 18.8 Å². The summed E-state index contributed by atoms with van der Waals surface area (Å²) in [5.41, 5.74) is 5.76. The zero-order chi connectivity index (χ0) is 9.19. The van der Waals surface area contributed by atoms with Gasteiger partial charge in [0.15, 0.2) is 0 Å². The molecule has 0 aromatic heterocycles. The first-order valence-electron chi connectivity index (χ1n) is 5.05. The van der Waals surface area contributed by atoms with Gasteiger partial charge in [-0.1, -0.05) is 26.7 Å². The van der Waals surface area contributed by atoms with Gasteiger partial charge in [-0.25, -0.2) is 0 Å². The molecule has 0 bridgehead atoms. The first-order valence-corrected chi connectivity index (χ1v) is 5.05. The van der Waals surface area contributed by atoms with Crippen LogP contribution in [0.2, 0.25) is 0 Å². The molecule has 3 N–H and O–H groups in total. The molecule has 2 heteroatoms. The van der Waals surface area contributed by atoms with Crippen LogP contribution in [-0.4, -0.2) is 17.8 Å². The normalized spacial score (nSPS) is 36.5. The van der Waals surface area contributed by atoms with Gasteiger partial charge in [0.2, 0.25) is 0 Å². The van der Waals surface area contributed by atoms with E-state index in [1.807, 2.05) is 0 Å². The van der Waals surface area contributed by atoms with Gasteiger partial charge in [0.05, 0.1) is 6.10 Å². The van der Waals surface area contributed by atoms with E-state index in [4.69, 9.17) is 5.73 Å². The third kappa shape index (κ3) is 1.64. The molecule has 0 aromatic rings. The van der Waals surface area contributed by atoms with E-state index >= 15 is 0 Å². The number of rotatable bonds is 5. The second-order valence-electron chi connectivity index (χ2n) is 4.20. The molecule has 0 aromatic carbocycles. The largest absolute Gasteiger partial charge is 0.392 e. The second kappa shape index (κ2) is 3.75. The van der Waals surface area contributed by atoms with E-state index in [9.17, 15) is 5.11 Å². The van der Waals surface area contributed by atoms with Crippen molar-refractivity contribution in [3.05, 3.63) is 0 Å². The van der Waals surface area contributed by atoms with Gasteiger partial charge in [0, 0.05) is 12.0 Å². The van der Waals surface area contributed by atoms with Crippen molar-refractivity contribution >= 4 is 0 Å². The van der Waals surface area contributed by atoms with Crippen LogP contribution in [0.5, 0.6) is 0 Å². The molecule has 0 heterocycles. The van der Waals surface area contributed by atoms with E-state index < -0.39 is 0 Å². The zero-order valence-corrected chi connectivity index (χ0v) is 8.21. The second-order valence-corrected chi connectivity index (χ2v) is 4.20. The maximum Gasteiger partial charge on any atom is 0.0611 e. The highest BCUT2D eigenvalue weighted by Crippen LogP contribution is 2.54. The fourth-order valence-electron chi connectivity index (χ4n) is 2.08. The summed E-state index contributed by atoms with van der Waals surface area (Å²) in [5.74, 6) is 0.634. The van der Waals surface area contributed by atoms with Crippen molar-refractivity contribution in [1.82, 2.24) is 0 Å². The van der Waals surface area contributed by atoms with Crippen molar-refractivity contribution in [3.63, 3.8) is 0 Å². The molecular formula is C10H21NO. The van der Waals surface area contributed by atoms with Crippen molar-refractivity contribution in [2.24, 2.45) is 17.1 Å². The molecule has 0 aliphatic heterocycles. The molecule has 2 nitrogen and oxygen atoms in total. The average Bonchev–Trinajstić information content (AvgIpc) is 2.74. The Balaban J connectivity index is 2.35. The average molecular weight is 171 g/mol. The molecule has 1 saturated carbocycles. The van der Waals surface area contributed by atoms with Crippen molar-refractivity contribution in [2.45, 2.75) is 45.6 Å². The fraction of sp³-hybridized carbons (Fsp3) is 1.00. The molecule has 3 atom stereocenters. The molecule has 1 rings (SSSR count). The smallest absolute Gasteiger partial charge is 0.0611 e. The fourth-order valence-corrected chi connectivity index (χ4v) is 2.08. The van der Waals surface area contributed by atoms with Crippen LogP contribution in [0.4, 0.5) is 0 Å². The molecule has 1 aliphatic carbocycles. The van der Waals surface area contributed by atoms with Gasteiger partial charge in [0.25, 0.3) is 0 Å². The Labute approximate surface area is 75.2 Å². The molecular weight excluding hydrogens is 150 g/mol. The van der Waals surface area contributed by atoms with Gasteiger partial charge in [-0.2, -0.15) is 0 Å². The third-order valence-corrected chi connectivity index (χ3v) is 3.38. The van der Waals surface area contributed by atoms with Crippen LogP contribution in [-0.2, 0) is 0 Å². The van der Waals surface area contributed by atoms with Crippen LogP contribution in [0.1, 0.15) is 39.5 Å². The third-order valence-electron chi connectivity index (χ3n) is 3.38. The van der Waals surface area contributed by atoms with Gasteiger partial charge in [-0.3, -0.25) is 0 Å². The molecule has 3 unspecified atom stereocenters. The van der Waals surface area contributed by atoms with E-state index in [0.29, 0.717) is 12.5 Å². The number of hydrogen-bond acceptors (Lipinski definition) is 2. The van der Waals surface area contributed by atoms with Crippen molar-refractivity contribution in [2.75, 3.05) is 6.54 Å². The number of aliphatic hydroxyl groups excluding tert-OH is 1. The first kappa shape index (κ1) is 10.0. The van der Waals surface area contributed by atoms with Crippen LogP contribution in [0.3, 0.4) is 0 Å². The van der Waals surface area contributed by atoms with Gasteiger partial charge in [-0.15, -0.1) is 0 Å². The molecule has 72 valence electrons. The lowest BCUT2D eigenvalue weighted by Gasteiger charge is -2.21. The molecule has 12 heavy (non-hydrogen) atoms. The van der Waals surface area contributed by atoms with Gasteiger partial charge in [0.1, 0.15) is 0 Å². The van der Waals surface area contributed by atoms with Crippen molar-refractivity contribution in [3.8, 4) is 0 Å². The quantitative estimate of drug-likeness (QED) is 0.659. The lowest BCUT2D eigenvalue weighted by atomic mass is 9.92. The Hall–Kier alpha value is -0.0800. The molecule has 0 radical (unpaired) electrons. The van der Waals surface area contributed by atoms with E-state index in [1.54, 1.807) is 0 Å². The number of nitrogens with two attached hydrogens (primary N) is 1. The zero-order valence-electron chi connectivity index (χ0n) is 8.21. The minimum atomic E-state index is -0.155. The summed E-state index contributed by atoms with van der Waals surface area (Å²) in [6, 6.07) is 0. The first-order chi connectivity index (χ1) is 5.67. The van der Waals surface area contributed by atoms with Crippen LogP contribution in [0.15, 0.2) is 0 Å². The number of unbranched alkanes of at least 4 members (excludes halogenated alkanes) is 1. The van der Waals surface area contributed by atoms with Crippen LogP contribution >= 0.6 is 0 Å². The Morgan fingerprint density at radius 1 is 1.67 bits per heavy atom. The van der Waals surface area contributed by atoms with Crippen LogP contribution in [0.25, 0.3) is 0 Å². The Bertz CT molecular complexity index is 145. The molecule has 0 saturated heterocycles. The maximum absolute atomic E-state index is 9.86. The Morgan fingerprint density at radius 3 is 2.58 bits per heavy atom. The van der Waals surface area contributed by atoms with Crippen LogP contribution < -0.4 is 5.73 Å². The van der Waals surface area contributed by atoms with E-state index in [1.165, 1.54) is 0 Å². The molecule has 1 aliphatic rings. The predicted molar refractivity (Wildman–Crippen MR) is 50.8 cm³/mol. The summed E-state index contributed by atoms with van der Waals surface area (Å²) in [4.78, 5) is 0. The highest BCUT2D eigenvalue weighted by atomic mass is 16.3. The maximum atomic E-state index is 9.86. The summed E-state index contributed by atoms with van der Waals surface area (Å²) >= 11 is 0. The van der Waals surface area contributed by atoms with E-state index in [-0.39, 0.29) is 11.5 Å². The Kier molecular flexibility index (Phi) is 3.13. The van der Waals surface area contributed by atoms with Gasteiger partial charge >= 0.3 is 0 Å². The standard InChI is InChI=1S/C10H21NO/c1-3-4-5-9(12)10(7-11)6-8(10)2/h8-9,12H,3-7,11H2,1-2H3. The van der Waals surface area contributed by atoms with Crippen molar-refractivity contribution in [1.29, 1.82) is 0 Å². The van der Waals surface area contributed by atoms with E-state index in [2.05, 4.69) is 13.8 Å². The number of hydrogen-bond donors (Lipinski definition) is 2. The molecule has 1 fully saturated rings. The van der Waals surface area contributed by atoms with Gasteiger partial charge < -0.3 is 10.8 Å². The highest BCUT2D eigenvalue weighted by molar-refractivity contribution is 5.05. The summed E-state index contributed by atoms with van der Waals surface area (Å²) < 4.78 is 0. The summed E-state index contributed by atoms with van der Waals surface area (Å²) in [6.07, 6.45) is 4.17. The Morgan fingerprint density at radius 2 is 2.25 bits per heavy atom. The number of aliphatic hydroxyl groups is 1.